The summed E-state index contributed by atoms with van der Waals surface area (Å²) in [5.41, 5.74) is 3.45. The first-order chi connectivity index (χ1) is 15.0. The van der Waals surface area contributed by atoms with Crippen LogP contribution < -0.4 is 15.6 Å². The van der Waals surface area contributed by atoms with Gasteiger partial charge in [-0.25, -0.2) is 0 Å². The lowest BCUT2D eigenvalue weighted by molar-refractivity contribution is -0.116. The van der Waals surface area contributed by atoms with Gasteiger partial charge in [-0.3, -0.25) is 9.59 Å². The van der Waals surface area contributed by atoms with Crippen molar-refractivity contribution in [2.45, 2.75) is 37.1 Å². The number of anilines is 1. The lowest BCUT2D eigenvalue weighted by Crippen LogP contribution is -2.33. The molecule has 0 unspecified atom stereocenters. The third-order valence-electron chi connectivity index (χ3n) is 5.32. The number of thioether (sulfide) groups is 1. The second kappa shape index (κ2) is 8.98. The van der Waals surface area contributed by atoms with Gasteiger partial charge < -0.3 is 14.6 Å². The summed E-state index contributed by atoms with van der Waals surface area (Å²) in [5, 5.41) is 3.47. The fourth-order valence-electron chi connectivity index (χ4n) is 3.89. The number of benzene rings is 2. The van der Waals surface area contributed by atoms with E-state index in [1.165, 1.54) is 17.3 Å². The van der Waals surface area contributed by atoms with Crippen molar-refractivity contribution < 1.29 is 9.53 Å². The van der Waals surface area contributed by atoms with Crippen LogP contribution in [0.2, 0.25) is 0 Å². The molecule has 4 rings (SSSR count). The van der Waals surface area contributed by atoms with Crippen LogP contribution in [0.5, 0.6) is 5.75 Å². The number of carbonyl (C=O) groups is 1. The van der Waals surface area contributed by atoms with Crippen LogP contribution in [0.1, 0.15) is 41.5 Å². The fourth-order valence-corrected chi connectivity index (χ4v) is 4.79. The molecule has 1 N–H and O–H groups in total. The van der Waals surface area contributed by atoms with E-state index in [4.69, 9.17) is 4.74 Å². The van der Waals surface area contributed by atoms with E-state index in [0.717, 1.165) is 16.9 Å². The van der Waals surface area contributed by atoms with Gasteiger partial charge in [-0.15, -0.1) is 0 Å². The summed E-state index contributed by atoms with van der Waals surface area (Å²) in [6.07, 6.45) is 0.204. The monoisotopic (exact) mass is 435 g/mol. The largest absolute Gasteiger partial charge is 0.494 e. The van der Waals surface area contributed by atoms with Crippen LogP contribution in [0.25, 0.3) is 0 Å². The van der Waals surface area contributed by atoms with Crippen molar-refractivity contribution in [1.29, 1.82) is 0 Å². The molecule has 0 bridgehead atoms. The maximum Gasteiger partial charge on any atom is 0.279 e. The Kier molecular flexibility index (Phi) is 6.13. The number of fused-ring (bicyclic) bond motifs is 1. The Morgan fingerprint density at radius 1 is 1.19 bits per heavy atom. The zero-order valence-corrected chi connectivity index (χ0v) is 18.7. The van der Waals surface area contributed by atoms with E-state index in [9.17, 15) is 9.59 Å². The van der Waals surface area contributed by atoms with Crippen LogP contribution >= 0.6 is 11.8 Å². The van der Waals surface area contributed by atoms with E-state index in [0.29, 0.717) is 28.9 Å². The fraction of sp³-hybridized carbons (Fsp3) is 0.292. The second-order valence-corrected chi connectivity index (χ2v) is 8.55. The minimum Gasteiger partial charge on any atom is -0.494 e. The number of nitrogens with one attached hydrogen (secondary N) is 1. The third kappa shape index (κ3) is 4.51. The van der Waals surface area contributed by atoms with E-state index in [1.807, 2.05) is 48.9 Å². The molecule has 1 aromatic heterocycles. The number of carbonyl (C=O) groups excluding carboxylic acids is 1. The van der Waals surface area contributed by atoms with Crippen molar-refractivity contribution in [2.75, 3.05) is 11.9 Å². The first kappa shape index (κ1) is 21.2. The maximum atomic E-state index is 13.1. The first-order valence-corrected chi connectivity index (χ1v) is 11.3. The summed E-state index contributed by atoms with van der Waals surface area (Å²) in [6, 6.07) is 15.8. The summed E-state index contributed by atoms with van der Waals surface area (Å²) in [4.78, 5) is 30.0. The molecule has 6 nitrogen and oxygen atoms in total. The van der Waals surface area contributed by atoms with Crippen LogP contribution in [-0.4, -0.2) is 22.1 Å². The molecule has 2 heterocycles. The second-order valence-electron chi connectivity index (χ2n) is 7.61. The summed E-state index contributed by atoms with van der Waals surface area (Å²) in [7, 11) is 1.84. The maximum absolute atomic E-state index is 13.1. The molecule has 0 radical (unpaired) electrons. The van der Waals surface area contributed by atoms with Crippen molar-refractivity contribution in [3.05, 3.63) is 81.1 Å². The topological polar surface area (TPSA) is 73.2 Å². The highest BCUT2D eigenvalue weighted by atomic mass is 32.2. The van der Waals surface area contributed by atoms with Gasteiger partial charge in [-0.1, -0.05) is 53.7 Å². The Balaban J connectivity index is 1.70. The quantitative estimate of drug-likeness (QED) is 0.463. The normalized spacial score (nSPS) is 15.3. The zero-order chi connectivity index (χ0) is 22.0. The minimum absolute atomic E-state index is 0.116. The number of hydrogen-bond acceptors (Lipinski definition) is 5. The van der Waals surface area contributed by atoms with Crippen LogP contribution in [-0.2, 0) is 17.6 Å². The van der Waals surface area contributed by atoms with E-state index in [-0.39, 0.29) is 23.8 Å². The molecule has 0 aliphatic carbocycles. The lowest BCUT2D eigenvalue weighted by atomic mass is 9.86. The molecular formula is C24H25N3O3S. The van der Waals surface area contributed by atoms with Gasteiger partial charge in [-0.2, -0.15) is 4.98 Å². The predicted octanol–water partition coefficient (Wildman–Crippen LogP) is 4.25. The van der Waals surface area contributed by atoms with Gasteiger partial charge in [0.25, 0.3) is 5.56 Å². The molecule has 1 aliphatic rings. The van der Waals surface area contributed by atoms with E-state index >= 15 is 0 Å². The number of ether oxygens (including phenoxy) is 1. The smallest absolute Gasteiger partial charge is 0.279 e. The summed E-state index contributed by atoms with van der Waals surface area (Å²) in [6.45, 7) is 4.53. The first-order valence-electron chi connectivity index (χ1n) is 10.3. The van der Waals surface area contributed by atoms with Crippen molar-refractivity contribution in [2.24, 2.45) is 7.05 Å². The average molecular weight is 436 g/mol. The minimum atomic E-state index is -0.355. The van der Waals surface area contributed by atoms with Gasteiger partial charge in [0.2, 0.25) is 5.91 Å². The van der Waals surface area contributed by atoms with E-state index in [2.05, 4.69) is 35.4 Å². The number of hydrogen-bond donors (Lipinski definition) is 1. The van der Waals surface area contributed by atoms with Crippen molar-refractivity contribution in [3.8, 4) is 5.75 Å². The molecule has 1 aliphatic heterocycles. The summed E-state index contributed by atoms with van der Waals surface area (Å²) in [5.74, 6) is 1.47. The summed E-state index contributed by atoms with van der Waals surface area (Å²) >= 11 is 1.48. The zero-order valence-electron chi connectivity index (χ0n) is 17.8. The van der Waals surface area contributed by atoms with Crippen LogP contribution in [0, 0.1) is 6.92 Å². The van der Waals surface area contributed by atoms with Gasteiger partial charge in [-0.05, 0) is 37.1 Å². The number of rotatable bonds is 6. The molecule has 2 aromatic carbocycles. The van der Waals surface area contributed by atoms with Crippen LogP contribution in [0.15, 0.2) is 58.5 Å². The number of nitrogens with zero attached hydrogens (tertiary/aromatic N) is 2. The molecule has 31 heavy (non-hydrogen) atoms. The Hall–Kier alpha value is -3.06. The molecule has 0 saturated carbocycles. The Labute approximate surface area is 185 Å². The molecule has 1 amide bonds. The molecule has 0 fully saturated rings. The molecule has 3 aromatic rings. The molecule has 1 atom stereocenters. The molecule has 0 spiro atoms. The van der Waals surface area contributed by atoms with Gasteiger partial charge in [0.1, 0.15) is 11.6 Å². The number of aryl methyl sites for hydroxylation is 1. The highest BCUT2D eigenvalue weighted by Crippen LogP contribution is 2.37. The molecular weight excluding hydrogens is 410 g/mol. The van der Waals surface area contributed by atoms with Gasteiger partial charge >= 0.3 is 0 Å². The Morgan fingerprint density at radius 3 is 2.77 bits per heavy atom. The van der Waals surface area contributed by atoms with Crippen LogP contribution in [0.4, 0.5) is 5.82 Å². The Bertz CT molecular complexity index is 1190. The van der Waals surface area contributed by atoms with Gasteiger partial charge in [0, 0.05) is 25.1 Å². The van der Waals surface area contributed by atoms with E-state index in [1.54, 1.807) is 0 Å². The molecule has 7 heteroatoms. The predicted molar refractivity (Wildman–Crippen MR) is 123 cm³/mol. The average Bonchev–Trinajstić information content (AvgIpc) is 2.75. The number of amides is 1. The van der Waals surface area contributed by atoms with Gasteiger partial charge in [0.15, 0.2) is 5.16 Å². The summed E-state index contributed by atoms with van der Waals surface area (Å²) < 4.78 is 7.42. The highest BCUT2D eigenvalue weighted by Gasteiger charge is 2.32. The van der Waals surface area contributed by atoms with Crippen molar-refractivity contribution in [3.63, 3.8) is 0 Å². The van der Waals surface area contributed by atoms with Crippen molar-refractivity contribution >= 4 is 23.5 Å². The van der Waals surface area contributed by atoms with Crippen LogP contribution in [0.3, 0.4) is 0 Å². The highest BCUT2D eigenvalue weighted by molar-refractivity contribution is 7.98. The van der Waals surface area contributed by atoms with E-state index < -0.39 is 0 Å². The Morgan fingerprint density at radius 2 is 2.00 bits per heavy atom. The third-order valence-corrected chi connectivity index (χ3v) is 6.42. The number of aromatic nitrogens is 2. The van der Waals surface area contributed by atoms with Gasteiger partial charge in [0.05, 0.1) is 12.2 Å². The molecule has 0 saturated heterocycles. The SMILES string of the molecule is CCOc1cccc([C@@H]2CC(=O)Nc3c2c(=O)nc(SCc2cccc(C)c2)n3C)c1. The van der Waals surface area contributed by atoms with Crippen molar-refractivity contribution in [1.82, 2.24) is 9.55 Å². The standard InChI is InChI=1S/C24H25N3O3S/c1-4-30-18-10-6-9-17(12-18)19-13-20(28)25-22-21(19)23(29)26-24(27(22)3)31-14-16-8-5-7-15(2)11-16/h5-12,19H,4,13-14H2,1-3H3,(H,25,28)/t19-/m0/s1. The molecule has 160 valence electrons. The lowest BCUT2D eigenvalue weighted by Gasteiger charge is -2.27.